The third-order valence-corrected chi connectivity index (χ3v) is 2.33. The first-order valence-electron chi connectivity index (χ1n) is 5.19. The summed E-state index contributed by atoms with van der Waals surface area (Å²) in [6, 6.07) is 9.80. The van der Waals surface area contributed by atoms with Gasteiger partial charge in [0.25, 0.3) is 0 Å². The molecule has 1 N–H and O–H groups in total. The molecule has 16 heavy (non-hydrogen) atoms. The van der Waals surface area contributed by atoms with Gasteiger partial charge in [0.1, 0.15) is 0 Å². The van der Waals surface area contributed by atoms with Gasteiger partial charge in [-0.25, -0.2) is 9.18 Å². The molecule has 0 saturated carbocycles. The van der Waals surface area contributed by atoms with Crippen molar-refractivity contribution >= 4 is 5.97 Å². The van der Waals surface area contributed by atoms with Gasteiger partial charge in [0.2, 0.25) is 0 Å². The molecule has 0 aliphatic heterocycles. The van der Waals surface area contributed by atoms with E-state index >= 15 is 0 Å². The van der Waals surface area contributed by atoms with Gasteiger partial charge < -0.3 is 10.0 Å². The summed E-state index contributed by atoms with van der Waals surface area (Å²) in [4.78, 5) is 12.2. The van der Waals surface area contributed by atoms with E-state index in [1.807, 2.05) is 42.3 Å². The van der Waals surface area contributed by atoms with Gasteiger partial charge in [-0.1, -0.05) is 30.3 Å². The highest BCUT2D eigenvalue weighted by molar-refractivity contribution is 5.71. The number of carboxylic acid groups (broad SMARTS) is 1. The molecular weight excluding hydrogens is 209 g/mol. The number of aliphatic carboxylic acids is 1. The summed E-state index contributed by atoms with van der Waals surface area (Å²) >= 11 is 0. The molecule has 1 aromatic carbocycles. The number of benzene rings is 1. The molecule has 1 aromatic rings. The zero-order chi connectivity index (χ0) is 12.0. The van der Waals surface area contributed by atoms with E-state index in [0.717, 1.165) is 5.56 Å². The second kappa shape index (κ2) is 6.23. The van der Waals surface area contributed by atoms with Crippen molar-refractivity contribution in [1.82, 2.24) is 4.90 Å². The molecule has 0 unspecified atom stereocenters. The van der Waals surface area contributed by atoms with Gasteiger partial charge in [-0.15, -0.1) is 0 Å². The molecule has 0 spiro atoms. The molecule has 1 atom stereocenters. The van der Waals surface area contributed by atoms with E-state index < -0.39 is 12.1 Å². The third-order valence-electron chi connectivity index (χ3n) is 2.33. The van der Waals surface area contributed by atoms with E-state index in [1.165, 1.54) is 0 Å². The number of carbonyl (C=O) groups is 1. The highest BCUT2D eigenvalue weighted by Gasteiger charge is 2.15. The molecule has 0 aliphatic carbocycles. The monoisotopic (exact) mass is 225 g/mol. The lowest BCUT2D eigenvalue weighted by Gasteiger charge is -2.16. The second-order valence-electron chi connectivity index (χ2n) is 3.82. The second-order valence-corrected chi connectivity index (χ2v) is 3.82. The lowest BCUT2D eigenvalue weighted by Crippen LogP contribution is -2.25. The van der Waals surface area contributed by atoms with Crippen LogP contribution in [0.3, 0.4) is 0 Å². The van der Waals surface area contributed by atoms with Crippen LogP contribution >= 0.6 is 0 Å². The largest absolute Gasteiger partial charge is 0.479 e. The molecule has 0 fully saturated rings. The van der Waals surface area contributed by atoms with Crippen LogP contribution in [0.2, 0.25) is 0 Å². The minimum absolute atomic E-state index is 0.0265. The Hall–Kier alpha value is -1.42. The minimum Gasteiger partial charge on any atom is -0.479 e. The van der Waals surface area contributed by atoms with Crippen LogP contribution in [-0.4, -0.2) is 35.7 Å². The summed E-state index contributed by atoms with van der Waals surface area (Å²) in [5, 5.41) is 8.39. The summed E-state index contributed by atoms with van der Waals surface area (Å²) in [6.45, 7) is 1.13. The minimum atomic E-state index is -1.77. The number of nitrogens with zero attached hydrogens (tertiary/aromatic N) is 1. The van der Waals surface area contributed by atoms with Crippen molar-refractivity contribution < 1.29 is 14.3 Å². The number of carboxylic acids is 1. The summed E-state index contributed by atoms with van der Waals surface area (Å²) in [5.41, 5.74) is 1.13. The van der Waals surface area contributed by atoms with Crippen LogP contribution < -0.4 is 0 Å². The average Bonchev–Trinajstić information content (AvgIpc) is 2.27. The number of hydrogen-bond acceptors (Lipinski definition) is 2. The molecule has 3 nitrogen and oxygen atoms in total. The Bertz CT molecular complexity index is 329. The fourth-order valence-corrected chi connectivity index (χ4v) is 1.43. The maximum absolute atomic E-state index is 12.8. The van der Waals surface area contributed by atoms with Crippen LogP contribution in [0.4, 0.5) is 4.39 Å². The molecule has 88 valence electrons. The van der Waals surface area contributed by atoms with Crippen molar-refractivity contribution in [3.8, 4) is 0 Å². The van der Waals surface area contributed by atoms with Gasteiger partial charge in [-0.3, -0.25) is 0 Å². The van der Waals surface area contributed by atoms with E-state index in [0.29, 0.717) is 13.1 Å². The number of halogens is 1. The fraction of sp³-hybridized carbons (Fsp3) is 0.417. The third kappa shape index (κ3) is 4.40. The Kier molecular flexibility index (Phi) is 4.92. The zero-order valence-corrected chi connectivity index (χ0v) is 9.27. The van der Waals surface area contributed by atoms with Crippen molar-refractivity contribution in [1.29, 1.82) is 0 Å². The lowest BCUT2D eigenvalue weighted by atomic mass is 10.2. The van der Waals surface area contributed by atoms with E-state index in [-0.39, 0.29) is 6.42 Å². The normalized spacial score (nSPS) is 12.7. The highest BCUT2D eigenvalue weighted by atomic mass is 19.1. The first kappa shape index (κ1) is 12.6. The van der Waals surface area contributed by atoms with Crippen LogP contribution in [0.15, 0.2) is 30.3 Å². The Morgan fingerprint density at radius 2 is 2.06 bits per heavy atom. The average molecular weight is 225 g/mol. The Morgan fingerprint density at radius 1 is 1.44 bits per heavy atom. The first-order valence-corrected chi connectivity index (χ1v) is 5.19. The molecule has 0 bridgehead atoms. The van der Waals surface area contributed by atoms with Gasteiger partial charge in [-0.05, 0) is 12.6 Å². The SMILES string of the molecule is CN(CC[C@@H](F)C(=O)O)Cc1ccccc1. The van der Waals surface area contributed by atoms with Gasteiger partial charge in [0.05, 0.1) is 0 Å². The molecule has 0 aliphatic rings. The molecule has 4 heteroatoms. The Morgan fingerprint density at radius 3 is 2.62 bits per heavy atom. The maximum Gasteiger partial charge on any atom is 0.338 e. The van der Waals surface area contributed by atoms with Gasteiger partial charge in [0.15, 0.2) is 6.17 Å². The van der Waals surface area contributed by atoms with E-state index in [1.54, 1.807) is 0 Å². The lowest BCUT2D eigenvalue weighted by molar-refractivity contribution is -0.143. The first-order chi connectivity index (χ1) is 7.59. The fourth-order valence-electron chi connectivity index (χ4n) is 1.43. The molecule has 0 aromatic heterocycles. The van der Waals surface area contributed by atoms with Crippen LogP contribution in [0, 0.1) is 0 Å². The summed E-state index contributed by atoms with van der Waals surface area (Å²) < 4.78 is 12.8. The van der Waals surface area contributed by atoms with Crippen LogP contribution in [0.25, 0.3) is 0 Å². The Balaban J connectivity index is 2.31. The van der Waals surface area contributed by atoms with Gasteiger partial charge >= 0.3 is 5.97 Å². The number of alkyl halides is 1. The highest BCUT2D eigenvalue weighted by Crippen LogP contribution is 2.05. The smallest absolute Gasteiger partial charge is 0.338 e. The van der Waals surface area contributed by atoms with E-state index in [4.69, 9.17) is 5.11 Å². The quantitative estimate of drug-likeness (QED) is 0.804. The van der Waals surface area contributed by atoms with Crippen molar-refractivity contribution in [2.45, 2.75) is 19.1 Å². The van der Waals surface area contributed by atoms with E-state index in [9.17, 15) is 9.18 Å². The zero-order valence-electron chi connectivity index (χ0n) is 9.27. The standard InChI is InChI=1S/C12H16FNO2/c1-14(8-7-11(13)12(15)16)9-10-5-3-2-4-6-10/h2-6,11H,7-9H2,1H3,(H,15,16)/t11-/m1/s1. The maximum atomic E-state index is 12.8. The van der Waals surface area contributed by atoms with E-state index in [2.05, 4.69) is 0 Å². The molecule has 0 radical (unpaired) electrons. The van der Waals surface area contributed by atoms with Crippen LogP contribution in [0.5, 0.6) is 0 Å². The molecule has 0 saturated heterocycles. The predicted octanol–water partition coefficient (Wildman–Crippen LogP) is 1.93. The van der Waals surface area contributed by atoms with Crippen molar-refractivity contribution in [2.75, 3.05) is 13.6 Å². The molecule has 0 amide bonds. The Labute approximate surface area is 94.5 Å². The van der Waals surface area contributed by atoms with Crippen molar-refractivity contribution in [2.24, 2.45) is 0 Å². The van der Waals surface area contributed by atoms with Crippen molar-refractivity contribution in [3.63, 3.8) is 0 Å². The number of rotatable bonds is 6. The summed E-state index contributed by atoms with van der Waals surface area (Å²) in [5.74, 6) is -1.38. The predicted molar refractivity (Wildman–Crippen MR) is 59.9 cm³/mol. The molecular formula is C12H16FNO2. The molecule has 1 rings (SSSR count). The van der Waals surface area contributed by atoms with Crippen LogP contribution in [-0.2, 0) is 11.3 Å². The number of hydrogen-bond donors (Lipinski definition) is 1. The molecule has 0 heterocycles. The topological polar surface area (TPSA) is 40.5 Å². The van der Waals surface area contributed by atoms with Gasteiger partial charge in [-0.2, -0.15) is 0 Å². The van der Waals surface area contributed by atoms with Crippen molar-refractivity contribution in [3.05, 3.63) is 35.9 Å². The van der Waals surface area contributed by atoms with Crippen LogP contribution in [0.1, 0.15) is 12.0 Å². The summed E-state index contributed by atoms with van der Waals surface area (Å²) in [6.07, 6.45) is -1.74. The summed E-state index contributed by atoms with van der Waals surface area (Å²) in [7, 11) is 1.85. The van der Waals surface area contributed by atoms with Gasteiger partial charge in [0, 0.05) is 19.5 Å².